The molecule has 0 N–H and O–H groups in total. The van der Waals surface area contributed by atoms with Crippen molar-refractivity contribution < 1.29 is 4.79 Å². The van der Waals surface area contributed by atoms with Gasteiger partial charge < -0.3 is 0 Å². The monoisotopic (exact) mass is 259 g/mol. The highest BCUT2D eigenvalue weighted by Crippen LogP contribution is 2.21. The van der Waals surface area contributed by atoms with Gasteiger partial charge in [0.2, 0.25) is 5.91 Å². The van der Waals surface area contributed by atoms with Crippen molar-refractivity contribution in [3.05, 3.63) is 43.7 Å². The molecule has 66 valence electrons. The van der Waals surface area contributed by atoms with E-state index in [1.165, 1.54) is 6.07 Å². The van der Waals surface area contributed by atoms with Crippen LogP contribution in [0, 0.1) is 0 Å². The minimum atomic E-state index is -0.656. The average molecular weight is 260 g/mol. The number of hydrogen-bond donors (Lipinski definition) is 0. The summed E-state index contributed by atoms with van der Waals surface area (Å²) in [4.78, 5) is 13.5. The van der Waals surface area contributed by atoms with Gasteiger partial charge in [-0.1, -0.05) is 27.5 Å². The van der Waals surface area contributed by atoms with Gasteiger partial charge in [0, 0.05) is 20.0 Å². The number of carbonyl (C=O) groups is 1. The number of rotatable bonds is 1. The molecule has 1 aromatic carbocycles. The minimum Gasteiger partial charge on any atom is -0.287 e. The van der Waals surface area contributed by atoms with E-state index in [0.29, 0.717) is 9.50 Å². The third-order valence-electron chi connectivity index (χ3n) is 1.29. The molecule has 6 heteroatoms. The van der Waals surface area contributed by atoms with E-state index in [-0.39, 0.29) is 5.56 Å². The smallest absolute Gasteiger partial charge is 0.250 e. The summed E-state index contributed by atoms with van der Waals surface area (Å²) < 4.78 is 0.550. The first-order valence-electron chi connectivity index (χ1n) is 3.19. The van der Waals surface area contributed by atoms with Crippen molar-refractivity contribution in [2.45, 2.75) is 0 Å². The minimum absolute atomic E-state index is 0.255. The Morgan fingerprint density at radius 2 is 2.31 bits per heavy atom. The molecule has 0 aliphatic rings. The first-order valence-corrected chi connectivity index (χ1v) is 4.36. The van der Waals surface area contributed by atoms with Crippen molar-refractivity contribution in [1.82, 2.24) is 0 Å². The summed E-state index contributed by atoms with van der Waals surface area (Å²) in [5.41, 5.74) is 8.30. The molecular weight excluding hydrogens is 257 g/mol. The fourth-order valence-corrected chi connectivity index (χ4v) is 1.34. The lowest BCUT2D eigenvalue weighted by molar-refractivity contribution is 0.0999. The van der Waals surface area contributed by atoms with Crippen LogP contribution in [0.15, 0.2) is 27.8 Å². The normalized spacial score (nSPS) is 9.08. The maximum absolute atomic E-state index is 11.1. The van der Waals surface area contributed by atoms with Crippen LogP contribution in [0.1, 0.15) is 10.4 Å². The highest BCUT2D eigenvalue weighted by molar-refractivity contribution is 9.10. The number of amides is 1. The van der Waals surface area contributed by atoms with Crippen molar-refractivity contribution in [2.24, 2.45) is 5.11 Å². The molecule has 1 rings (SSSR count). The zero-order valence-corrected chi connectivity index (χ0v) is 8.58. The highest BCUT2D eigenvalue weighted by Gasteiger charge is 2.07. The first kappa shape index (κ1) is 10.1. The Hall–Kier alpha value is -1.03. The van der Waals surface area contributed by atoms with Crippen LogP contribution in [0.2, 0.25) is 5.02 Å². The van der Waals surface area contributed by atoms with Crippen LogP contribution >= 0.6 is 27.5 Å². The van der Waals surface area contributed by atoms with Gasteiger partial charge in [0.05, 0.1) is 0 Å². The maximum atomic E-state index is 11.1. The molecule has 0 atom stereocenters. The third-order valence-corrected chi connectivity index (χ3v) is 2.22. The molecule has 0 heterocycles. The summed E-state index contributed by atoms with van der Waals surface area (Å²) in [5.74, 6) is -0.656. The second-order valence-electron chi connectivity index (χ2n) is 2.12. The molecule has 0 radical (unpaired) electrons. The lowest BCUT2D eigenvalue weighted by atomic mass is 10.2. The predicted octanol–water partition coefficient (Wildman–Crippen LogP) is 3.55. The lowest BCUT2D eigenvalue weighted by Crippen LogP contribution is -1.94. The SMILES string of the molecule is [N-]=[N+]=NC(=O)c1cc(Cl)ccc1Br. The molecule has 0 saturated carbocycles. The molecule has 0 unspecified atom stereocenters. The number of hydrogen-bond acceptors (Lipinski definition) is 1. The van der Waals surface area contributed by atoms with Crippen molar-refractivity contribution >= 4 is 33.4 Å². The Kier molecular flexibility index (Phi) is 3.31. The van der Waals surface area contributed by atoms with Gasteiger partial charge in [0.15, 0.2) is 0 Å². The van der Waals surface area contributed by atoms with Gasteiger partial charge >= 0.3 is 0 Å². The fraction of sp³-hybridized carbons (Fsp3) is 0. The Bertz CT molecular complexity index is 401. The molecule has 0 saturated heterocycles. The van der Waals surface area contributed by atoms with E-state index in [4.69, 9.17) is 17.1 Å². The van der Waals surface area contributed by atoms with E-state index in [2.05, 4.69) is 26.0 Å². The molecule has 4 nitrogen and oxygen atoms in total. The van der Waals surface area contributed by atoms with Crippen LogP contribution in [0.5, 0.6) is 0 Å². The van der Waals surface area contributed by atoms with E-state index < -0.39 is 5.91 Å². The summed E-state index contributed by atoms with van der Waals surface area (Å²) in [6.07, 6.45) is 0. The molecule has 13 heavy (non-hydrogen) atoms. The molecule has 0 aromatic heterocycles. The quantitative estimate of drug-likeness (QED) is 0.432. The zero-order chi connectivity index (χ0) is 9.84. The predicted molar refractivity (Wildman–Crippen MR) is 52.6 cm³/mol. The van der Waals surface area contributed by atoms with Crippen LogP contribution in [0.3, 0.4) is 0 Å². The van der Waals surface area contributed by atoms with Crippen LogP contribution in [0.25, 0.3) is 10.4 Å². The average Bonchev–Trinajstić information content (AvgIpc) is 2.09. The molecule has 0 spiro atoms. The van der Waals surface area contributed by atoms with Gasteiger partial charge in [-0.3, -0.25) is 4.79 Å². The fourth-order valence-electron chi connectivity index (χ4n) is 0.756. The lowest BCUT2D eigenvalue weighted by Gasteiger charge is -1.98. The second-order valence-corrected chi connectivity index (χ2v) is 3.41. The summed E-state index contributed by atoms with van der Waals surface area (Å²) in [5, 5.41) is 3.37. The van der Waals surface area contributed by atoms with Gasteiger partial charge in [0.1, 0.15) is 0 Å². The molecule has 0 aliphatic heterocycles. The highest BCUT2D eigenvalue weighted by atomic mass is 79.9. The largest absolute Gasteiger partial charge is 0.287 e. The van der Waals surface area contributed by atoms with Gasteiger partial charge in [-0.15, -0.1) is 0 Å². The molecule has 0 bridgehead atoms. The number of nitrogens with zero attached hydrogens (tertiary/aromatic N) is 3. The molecule has 1 aromatic rings. The standard InChI is InChI=1S/C7H3BrClN3O/c8-6-2-1-4(9)3-5(6)7(13)11-12-10/h1-3H. The number of azide groups is 1. The summed E-state index contributed by atoms with van der Waals surface area (Å²) in [6, 6.07) is 4.67. The molecule has 1 amide bonds. The van der Waals surface area contributed by atoms with Crippen molar-refractivity contribution in [1.29, 1.82) is 0 Å². The Morgan fingerprint density at radius 1 is 1.62 bits per heavy atom. The maximum Gasteiger partial charge on any atom is 0.250 e. The molecular formula is C7H3BrClN3O. The Balaban J connectivity index is 3.20. The van der Waals surface area contributed by atoms with Gasteiger partial charge in [-0.2, -0.15) is 0 Å². The van der Waals surface area contributed by atoms with Crippen molar-refractivity contribution in [2.75, 3.05) is 0 Å². The number of halogens is 2. The van der Waals surface area contributed by atoms with E-state index in [0.717, 1.165) is 0 Å². The van der Waals surface area contributed by atoms with Crippen LogP contribution in [-0.4, -0.2) is 5.91 Å². The Morgan fingerprint density at radius 3 is 2.92 bits per heavy atom. The first-order chi connectivity index (χ1) is 6.15. The van der Waals surface area contributed by atoms with Crippen LogP contribution < -0.4 is 0 Å². The van der Waals surface area contributed by atoms with Gasteiger partial charge in [-0.25, -0.2) is 0 Å². The number of carbonyl (C=O) groups excluding carboxylic acids is 1. The summed E-state index contributed by atoms with van der Waals surface area (Å²) >= 11 is 8.79. The van der Waals surface area contributed by atoms with E-state index in [1.807, 2.05) is 0 Å². The van der Waals surface area contributed by atoms with E-state index in [9.17, 15) is 4.79 Å². The van der Waals surface area contributed by atoms with Crippen LogP contribution in [-0.2, 0) is 0 Å². The number of benzene rings is 1. The van der Waals surface area contributed by atoms with Gasteiger partial charge in [-0.05, 0) is 28.8 Å². The Labute approximate surface area is 87.3 Å². The summed E-state index contributed by atoms with van der Waals surface area (Å²) in [7, 11) is 0. The van der Waals surface area contributed by atoms with Crippen molar-refractivity contribution in [3.63, 3.8) is 0 Å². The van der Waals surface area contributed by atoms with Crippen LogP contribution in [0.4, 0.5) is 0 Å². The van der Waals surface area contributed by atoms with Gasteiger partial charge in [0.25, 0.3) is 0 Å². The zero-order valence-electron chi connectivity index (χ0n) is 6.24. The summed E-state index contributed by atoms with van der Waals surface area (Å²) in [6.45, 7) is 0. The second kappa shape index (κ2) is 4.28. The van der Waals surface area contributed by atoms with E-state index >= 15 is 0 Å². The third kappa shape index (κ3) is 2.45. The van der Waals surface area contributed by atoms with E-state index in [1.54, 1.807) is 12.1 Å². The topological polar surface area (TPSA) is 65.8 Å². The molecule has 0 fully saturated rings. The molecule has 0 aliphatic carbocycles. The van der Waals surface area contributed by atoms with Crippen molar-refractivity contribution in [3.8, 4) is 0 Å².